The van der Waals surface area contributed by atoms with Crippen molar-refractivity contribution in [2.24, 2.45) is 0 Å². The molecule has 0 spiro atoms. The van der Waals surface area contributed by atoms with Crippen LogP contribution >= 0.6 is 0 Å². The molecule has 1 saturated carbocycles. The third kappa shape index (κ3) is 7.31. The van der Waals surface area contributed by atoms with Crippen molar-refractivity contribution in [2.45, 2.75) is 89.6 Å². The topological polar surface area (TPSA) is 15.3 Å². The van der Waals surface area contributed by atoms with E-state index in [1.165, 1.54) is 77.2 Å². The first-order valence-electron chi connectivity index (χ1n) is 8.65. The van der Waals surface area contributed by atoms with Crippen molar-refractivity contribution in [3.8, 4) is 0 Å². The zero-order chi connectivity index (χ0) is 13.9. The molecule has 0 saturated heterocycles. The molecule has 1 N–H and O–H groups in total. The molecule has 1 rings (SSSR count). The molecule has 1 fully saturated rings. The van der Waals surface area contributed by atoms with Gasteiger partial charge in [0.2, 0.25) is 0 Å². The quantitative estimate of drug-likeness (QED) is 0.822. The molecular formula is C17H36N2. The van der Waals surface area contributed by atoms with Gasteiger partial charge in [-0.05, 0) is 39.9 Å². The minimum absolute atomic E-state index is 0.703. The number of nitrogens with zero attached hydrogens (tertiary/aromatic N) is 1. The maximum atomic E-state index is 3.81. The molecule has 0 heterocycles. The van der Waals surface area contributed by atoms with Crippen molar-refractivity contribution in [3.05, 3.63) is 0 Å². The molecule has 0 bridgehead atoms. The summed E-state index contributed by atoms with van der Waals surface area (Å²) < 4.78 is 0. The summed E-state index contributed by atoms with van der Waals surface area (Å²) in [5.41, 5.74) is 0. The van der Waals surface area contributed by atoms with Gasteiger partial charge in [-0.15, -0.1) is 0 Å². The lowest BCUT2D eigenvalue weighted by molar-refractivity contribution is 0.199. The van der Waals surface area contributed by atoms with E-state index in [-0.39, 0.29) is 0 Å². The van der Waals surface area contributed by atoms with E-state index >= 15 is 0 Å². The van der Waals surface area contributed by atoms with Crippen LogP contribution < -0.4 is 5.32 Å². The summed E-state index contributed by atoms with van der Waals surface area (Å²) in [4.78, 5) is 2.46. The zero-order valence-corrected chi connectivity index (χ0v) is 13.6. The summed E-state index contributed by atoms with van der Waals surface area (Å²) in [6.45, 7) is 3.45. The number of hydrogen-bond donors (Lipinski definition) is 1. The van der Waals surface area contributed by atoms with Crippen LogP contribution in [0.25, 0.3) is 0 Å². The van der Waals surface area contributed by atoms with Gasteiger partial charge in [0.05, 0.1) is 0 Å². The summed E-state index contributed by atoms with van der Waals surface area (Å²) in [7, 11) is 4.52. The highest BCUT2D eigenvalue weighted by molar-refractivity contribution is 4.82. The van der Waals surface area contributed by atoms with E-state index in [4.69, 9.17) is 0 Å². The van der Waals surface area contributed by atoms with E-state index in [1.807, 2.05) is 0 Å². The summed E-state index contributed by atoms with van der Waals surface area (Å²) in [5, 5.41) is 3.81. The zero-order valence-electron chi connectivity index (χ0n) is 13.6. The molecule has 0 amide bonds. The fraction of sp³-hybridized carbons (Fsp3) is 1.00. The van der Waals surface area contributed by atoms with Crippen molar-refractivity contribution >= 4 is 0 Å². The van der Waals surface area contributed by atoms with Gasteiger partial charge in [0.1, 0.15) is 0 Å². The van der Waals surface area contributed by atoms with Crippen molar-refractivity contribution in [2.75, 3.05) is 20.6 Å². The minimum Gasteiger partial charge on any atom is -0.312 e. The van der Waals surface area contributed by atoms with Gasteiger partial charge in [-0.25, -0.2) is 0 Å². The van der Waals surface area contributed by atoms with Gasteiger partial charge in [-0.3, -0.25) is 0 Å². The van der Waals surface area contributed by atoms with Crippen molar-refractivity contribution < 1.29 is 0 Å². The number of hydrogen-bond acceptors (Lipinski definition) is 2. The average molecular weight is 268 g/mol. The lowest BCUT2D eigenvalue weighted by atomic mass is 9.93. The van der Waals surface area contributed by atoms with Crippen LogP contribution in [0, 0.1) is 0 Å². The van der Waals surface area contributed by atoms with E-state index in [1.54, 1.807) is 0 Å². The summed E-state index contributed by atoms with van der Waals surface area (Å²) >= 11 is 0. The smallest absolute Gasteiger partial charge is 0.0243 e. The second-order valence-electron chi connectivity index (χ2n) is 6.50. The van der Waals surface area contributed by atoms with Gasteiger partial charge in [0.25, 0.3) is 0 Å². The van der Waals surface area contributed by atoms with Crippen LogP contribution in [-0.2, 0) is 0 Å². The lowest BCUT2D eigenvalue weighted by Crippen LogP contribution is -2.47. The van der Waals surface area contributed by atoms with Crippen LogP contribution in [0.4, 0.5) is 0 Å². The summed E-state index contributed by atoms with van der Waals surface area (Å²) in [5.74, 6) is 0. The summed E-state index contributed by atoms with van der Waals surface area (Å²) in [6.07, 6.45) is 15.5. The molecule has 0 aliphatic heterocycles. The Labute approximate surface area is 121 Å². The predicted octanol–water partition coefficient (Wildman–Crippen LogP) is 4.20. The van der Waals surface area contributed by atoms with E-state index in [9.17, 15) is 0 Å². The minimum atomic E-state index is 0.703. The molecule has 114 valence electrons. The number of rotatable bonds is 4. The lowest BCUT2D eigenvalue weighted by Gasteiger charge is -2.34. The highest BCUT2D eigenvalue weighted by Gasteiger charge is 2.22. The molecule has 0 aromatic heterocycles. The van der Waals surface area contributed by atoms with Gasteiger partial charge in [0, 0.05) is 12.1 Å². The molecule has 0 aromatic rings. The van der Waals surface area contributed by atoms with Crippen LogP contribution in [0.5, 0.6) is 0 Å². The Hall–Kier alpha value is -0.0800. The Morgan fingerprint density at radius 2 is 1.37 bits per heavy atom. The Morgan fingerprint density at radius 3 is 1.89 bits per heavy atom. The predicted molar refractivity (Wildman–Crippen MR) is 85.7 cm³/mol. The molecule has 1 aliphatic rings. The Kier molecular flexibility index (Phi) is 9.54. The maximum absolute atomic E-state index is 3.81. The van der Waals surface area contributed by atoms with Crippen LogP contribution in [0.3, 0.4) is 0 Å². The van der Waals surface area contributed by atoms with Gasteiger partial charge in [0.15, 0.2) is 0 Å². The highest BCUT2D eigenvalue weighted by atomic mass is 15.1. The van der Waals surface area contributed by atoms with Crippen molar-refractivity contribution in [1.82, 2.24) is 10.2 Å². The van der Waals surface area contributed by atoms with Gasteiger partial charge in [-0.2, -0.15) is 0 Å². The molecule has 1 aliphatic carbocycles. The largest absolute Gasteiger partial charge is 0.312 e. The van der Waals surface area contributed by atoms with E-state index in [2.05, 4.69) is 31.2 Å². The fourth-order valence-electron chi connectivity index (χ4n) is 3.36. The fourth-order valence-corrected chi connectivity index (χ4v) is 3.36. The third-order valence-corrected chi connectivity index (χ3v) is 4.55. The van der Waals surface area contributed by atoms with E-state index < -0.39 is 0 Å². The Bertz CT molecular complexity index is 203. The second kappa shape index (κ2) is 10.7. The molecule has 2 atom stereocenters. The Balaban J connectivity index is 2.53. The van der Waals surface area contributed by atoms with Crippen LogP contribution in [-0.4, -0.2) is 37.6 Å². The molecule has 2 unspecified atom stereocenters. The van der Waals surface area contributed by atoms with Crippen LogP contribution in [0.15, 0.2) is 0 Å². The molecule has 2 nitrogen and oxygen atoms in total. The van der Waals surface area contributed by atoms with Crippen LogP contribution in [0.1, 0.15) is 77.6 Å². The molecule has 0 radical (unpaired) electrons. The normalized spacial score (nSPS) is 27.8. The average Bonchev–Trinajstić information content (AvgIpc) is 2.37. The van der Waals surface area contributed by atoms with Gasteiger partial charge >= 0.3 is 0 Å². The second-order valence-corrected chi connectivity index (χ2v) is 6.50. The molecule has 0 aromatic carbocycles. The maximum Gasteiger partial charge on any atom is 0.0243 e. The monoisotopic (exact) mass is 268 g/mol. The molecular weight excluding hydrogens is 232 g/mol. The number of likely N-dealkylation sites (N-methyl/N-ethyl adjacent to an activating group) is 1. The SMILES string of the molecule is CCCNC1CCCCCCCCCCC1N(C)C. The number of nitrogens with one attached hydrogen (secondary N) is 1. The standard InChI is InChI=1S/C17H36N2/c1-4-15-18-16-13-11-9-7-5-6-8-10-12-14-17(16)19(2)3/h16-18H,4-15H2,1-3H3. The van der Waals surface area contributed by atoms with Crippen molar-refractivity contribution in [1.29, 1.82) is 0 Å². The van der Waals surface area contributed by atoms with Gasteiger partial charge in [-0.1, -0.05) is 58.3 Å². The first-order valence-corrected chi connectivity index (χ1v) is 8.65. The first-order chi connectivity index (χ1) is 9.25. The third-order valence-electron chi connectivity index (χ3n) is 4.55. The van der Waals surface area contributed by atoms with Gasteiger partial charge < -0.3 is 10.2 Å². The molecule has 19 heavy (non-hydrogen) atoms. The van der Waals surface area contributed by atoms with Crippen LogP contribution in [0.2, 0.25) is 0 Å². The van der Waals surface area contributed by atoms with E-state index in [0.717, 1.165) is 6.04 Å². The Morgan fingerprint density at radius 1 is 0.842 bits per heavy atom. The highest BCUT2D eigenvalue weighted by Crippen LogP contribution is 2.19. The van der Waals surface area contributed by atoms with Crippen molar-refractivity contribution in [3.63, 3.8) is 0 Å². The first kappa shape index (κ1) is 17.0. The van der Waals surface area contributed by atoms with E-state index in [0.29, 0.717) is 6.04 Å². The summed E-state index contributed by atoms with van der Waals surface area (Å²) in [6, 6.07) is 1.43. The molecule has 2 heteroatoms.